The summed E-state index contributed by atoms with van der Waals surface area (Å²) in [6.07, 6.45) is -4.51. The van der Waals surface area contributed by atoms with Gasteiger partial charge >= 0.3 is 6.18 Å². The average Bonchev–Trinajstić information content (AvgIpc) is 2.83. The fourth-order valence-electron chi connectivity index (χ4n) is 2.08. The molecule has 0 aliphatic rings. The summed E-state index contributed by atoms with van der Waals surface area (Å²) in [7, 11) is 0. The Labute approximate surface area is 130 Å². The highest BCUT2D eigenvalue weighted by Crippen LogP contribution is 2.30. The van der Waals surface area contributed by atoms with Crippen molar-refractivity contribution in [3.63, 3.8) is 0 Å². The van der Waals surface area contributed by atoms with Gasteiger partial charge in [0.05, 0.1) is 24.5 Å². The normalized spacial score (nSPS) is 11.7. The summed E-state index contributed by atoms with van der Waals surface area (Å²) in [5.74, 6) is 0.575. The van der Waals surface area contributed by atoms with E-state index in [0.717, 1.165) is 11.6 Å². The van der Waals surface area contributed by atoms with E-state index in [-0.39, 0.29) is 6.54 Å². The SMILES string of the molecule is CCOc1cc(C)cc(-n2nc(C(F)(F)F)cc2CNCl)c1. The van der Waals surface area contributed by atoms with Crippen LogP contribution in [0.5, 0.6) is 5.75 Å². The van der Waals surface area contributed by atoms with Crippen molar-refractivity contribution in [3.05, 3.63) is 41.2 Å². The lowest BCUT2D eigenvalue weighted by Gasteiger charge is -2.11. The molecule has 0 saturated carbocycles. The maximum atomic E-state index is 12.9. The van der Waals surface area contributed by atoms with Gasteiger partial charge < -0.3 is 4.74 Å². The van der Waals surface area contributed by atoms with E-state index in [1.54, 1.807) is 18.2 Å². The molecule has 120 valence electrons. The van der Waals surface area contributed by atoms with Crippen molar-refractivity contribution in [1.82, 2.24) is 14.6 Å². The number of benzene rings is 1. The van der Waals surface area contributed by atoms with E-state index in [9.17, 15) is 13.2 Å². The minimum absolute atomic E-state index is 0.0442. The third kappa shape index (κ3) is 3.72. The zero-order valence-corrected chi connectivity index (χ0v) is 12.8. The van der Waals surface area contributed by atoms with E-state index in [4.69, 9.17) is 16.5 Å². The fraction of sp³-hybridized carbons (Fsp3) is 0.357. The lowest BCUT2D eigenvalue weighted by atomic mass is 10.2. The van der Waals surface area contributed by atoms with Crippen molar-refractivity contribution in [2.45, 2.75) is 26.6 Å². The molecule has 0 unspecified atom stereocenters. The molecule has 1 aromatic carbocycles. The third-order valence-electron chi connectivity index (χ3n) is 2.91. The topological polar surface area (TPSA) is 39.1 Å². The van der Waals surface area contributed by atoms with Crippen LogP contribution in [0.2, 0.25) is 0 Å². The lowest BCUT2D eigenvalue weighted by molar-refractivity contribution is -0.141. The van der Waals surface area contributed by atoms with Crippen LogP contribution in [-0.2, 0) is 12.7 Å². The highest BCUT2D eigenvalue weighted by molar-refractivity contribution is 6.13. The quantitative estimate of drug-likeness (QED) is 0.845. The molecule has 2 rings (SSSR count). The van der Waals surface area contributed by atoms with Gasteiger partial charge in [-0.15, -0.1) is 0 Å². The number of hydrogen-bond acceptors (Lipinski definition) is 3. The van der Waals surface area contributed by atoms with Crippen LogP contribution in [0.25, 0.3) is 5.69 Å². The molecule has 1 heterocycles. The first kappa shape index (κ1) is 16.6. The maximum Gasteiger partial charge on any atom is 0.435 e. The molecule has 0 radical (unpaired) electrons. The van der Waals surface area contributed by atoms with E-state index < -0.39 is 11.9 Å². The van der Waals surface area contributed by atoms with Crippen molar-refractivity contribution in [2.75, 3.05) is 6.61 Å². The zero-order chi connectivity index (χ0) is 16.3. The molecule has 0 bridgehead atoms. The lowest BCUT2D eigenvalue weighted by Crippen LogP contribution is -2.09. The third-order valence-corrected chi connectivity index (χ3v) is 3.05. The molecule has 0 amide bonds. The summed E-state index contributed by atoms with van der Waals surface area (Å²) in [4.78, 5) is 2.33. The molecular formula is C14H15ClF3N3O. The molecule has 0 spiro atoms. The number of nitrogens with zero attached hydrogens (tertiary/aromatic N) is 2. The van der Waals surface area contributed by atoms with Crippen LogP contribution in [0.3, 0.4) is 0 Å². The first-order valence-electron chi connectivity index (χ1n) is 6.59. The number of rotatable bonds is 5. The van der Waals surface area contributed by atoms with Gasteiger partial charge in [-0.1, -0.05) is 0 Å². The number of nitrogens with one attached hydrogen (secondary N) is 1. The van der Waals surface area contributed by atoms with Crippen molar-refractivity contribution in [1.29, 1.82) is 0 Å². The summed E-state index contributed by atoms with van der Waals surface area (Å²) >= 11 is 5.43. The second-order valence-electron chi connectivity index (χ2n) is 4.68. The van der Waals surface area contributed by atoms with Gasteiger partial charge in [-0.2, -0.15) is 18.3 Å². The predicted octanol–water partition coefficient (Wildman–Crippen LogP) is 3.84. The van der Waals surface area contributed by atoms with Crippen LogP contribution >= 0.6 is 11.8 Å². The molecule has 0 aliphatic carbocycles. The highest BCUT2D eigenvalue weighted by atomic mass is 35.5. The Balaban J connectivity index is 2.53. The van der Waals surface area contributed by atoms with Crippen LogP contribution in [0.4, 0.5) is 13.2 Å². The Morgan fingerprint density at radius 3 is 2.59 bits per heavy atom. The van der Waals surface area contributed by atoms with Gasteiger partial charge in [0.1, 0.15) is 5.75 Å². The van der Waals surface area contributed by atoms with E-state index in [1.165, 1.54) is 4.68 Å². The number of halogens is 4. The molecule has 1 aromatic heterocycles. The Morgan fingerprint density at radius 1 is 1.27 bits per heavy atom. The van der Waals surface area contributed by atoms with E-state index in [2.05, 4.69) is 9.93 Å². The Hall–Kier alpha value is -1.73. The molecule has 22 heavy (non-hydrogen) atoms. The summed E-state index contributed by atoms with van der Waals surface area (Å²) in [6.45, 7) is 4.18. The molecule has 0 fully saturated rings. The van der Waals surface area contributed by atoms with Crippen molar-refractivity contribution < 1.29 is 17.9 Å². The number of hydrogen-bond donors (Lipinski definition) is 1. The van der Waals surface area contributed by atoms with Crippen molar-refractivity contribution in [2.24, 2.45) is 0 Å². The molecule has 1 N–H and O–H groups in total. The maximum absolute atomic E-state index is 12.9. The Bertz CT molecular complexity index is 655. The van der Waals surface area contributed by atoms with Gasteiger partial charge in [-0.25, -0.2) is 9.52 Å². The summed E-state index contributed by atoms with van der Waals surface area (Å²) < 4.78 is 45.2. The molecule has 2 aromatic rings. The standard InChI is InChI=1S/C14H15ClF3N3O/c1-3-22-12-5-9(2)4-10(6-12)21-11(8-19-15)7-13(20-21)14(16,17)18/h4-7,19H,3,8H2,1-2H3. The average molecular weight is 334 g/mol. The summed E-state index contributed by atoms with van der Waals surface area (Å²) in [5.41, 5.74) is 0.680. The van der Waals surface area contributed by atoms with Crippen LogP contribution in [0.15, 0.2) is 24.3 Å². The number of alkyl halides is 3. The Morgan fingerprint density at radius 2 is 2.00 bits per heavy atom. The Kier molecular flexibility index (Phi) is 4.97. The van der Waals surface area contributed by atoms with Gasteiger partial charge in [-0.3, -0.25) is 0 Å². The van der Waals surface area contributed by atoms with Crippen LogP contribution in [0, 0.1) is 6.92 Å². The van der Waals surface area contributed by atoms with Crippen LogP contribution < -0.4 is 9.57 Å². The van der Waals surface area contributed by atoms with E-state index in [0.29, 0.717) is 23.7 Å². The molecule has 0 aliphatic heterocycles. The number of aromatic nitrogens is 2. The first-order valence-corrected chi connectivity index (χ1v) is 6.97. The monoisotopic (exact) mass is 333 g/mol. The van der Waals surface area contributed by atoms with Crippen molar-refractivity contribution in [3.8, 4) is 11.4 Å². The first-order chi connectivity index (χ1) is 10.3. The summed E-state index contributed by atoms with van der Waals surface area (Å²) in [6, 6.07) is 6.15. The van der Waals surface area contributed by atoms with Gasteiger partial charge in [-0.05, 0) is 49.4 Å². The fourth-order valence-corrected chi connectivity index (χ4v) is 2.21. The van der Waals surface area contributed by atoms with Gasteiger partial charge in [0, 0.05) is 6.07 Å². The molecule has 4 nitrogen and oxygen atoms in total. The van der Waals surface area contributed by atoms with E-state index >= 15 is 0 Å². The molecular weight excluding hydrogens is 319 g/mol. The minimum Gasteiger partial charge on any atom is -0.494 e. The predicted molar refractivity (Wildman–Crippen MR) is 77.2 cm³/mol. The van der Waals surface area contributed by atoms with Crippen molar-refractivity contribution >= 4 is 11.8 Å². The largest absolute Gasteiger partial charge is 0.494 e. The van der Waals surface area contributed by atoms with Crippen LogP contribution in [0.1, 0.15) is 23.9 Å². The highest BCUT2D eigenvalue weighted by Gasteiger charge is 2.35. The summed E-state index contributed by atoms with van der Waals surface area (Å²) in [5, 5.41) is 3.65. The number of ether oxygens (including phenoxy) is 1. The van der Waals surface area contributed by atoms with Gasteiger partial charge in [0.2, 0.25) is 0 Å². The van der Waals surface area contributed by atoms with E-state index in [1.807, 2.05) is 13.8 Å². The molecule has 0 atom stereocenters. The van der Waals surface area contributed by atoms with Gasteiger partial charge in [0.25, 0.3) is 0 Å². The second kappa shape index (κ2) is 6.58. The number of aryl methyl sites for hydroxylation is 1. The zero-order valence-electron chi connectivity index (χ0n) is 12.0. The van der Waals surface area contributed by atoms with Gasteiger partial charge in [0.15, 0.2) is 5.69 Å². The minimum atomic E-state index is -4.51. The van der Waals surface area contributed by atoms with Crippen LogP contribution in [-0.4, -0.2) is 16.4 Å². The smallest absolute Gasteiger partial charge is 0.435 e. The molecule has 0 saturated heterocycles. The molecule has 8 heteroatoms. The second-order valence-corrected chi connectivity index (χ2v) is 4.95.